The Kier molecular flexibility index (Phi) is 8.36. The molecule has 0 spiro atoms. The summed E-state index contributed by atoms with van der Waals surface area (Å²) in [6.45, 7) is 4.19. The van der Waals surface area contributed by atoms with Gasteiger partial charge in [-0.2, -0.15) is 0 Å². The first kappa shape index (κ1) is 25.1. The topological polar surface area (TPSA) is 18.5 Å². The monoisotopic (exact) mass is 504 g/mol. The molecule has 1 aliphatic carbocycles. The standard InChI is InChI=1S/C31H38O2P2/c1-31(2)32-29(23-34(25-15-7-3-8-16-25)26-17-9-4-10-18-26)30(33-31)24-35(27-19-11-5-12-20-27)28-21-13-6-14-22-28/h3-5,7-12,15-20,28-30H,6,13-14,21-24H2,1-2H3/t29-,30-,35?/m0/s1. The molecule has 0 aromatic heterocycles. The van der Waals surface area contributed by atoms with E-state index in [9.17, 15) is 0 Å². The van der Waals surface area contributed by atoms with Gasteiger partial charge in [0, 0.05) is 12.3 Å². The summed E-state index contributed by atoms with van der Waals surface area (Å²) in [6.07, 6.45) is 9.22. The minimum absolute atomic E-state index is 0.105. The maximum absolute atomic E-state index is 6.68. The lowest BCUT2D eigenvalue weighted by Crippen LogP contribution is -2.34. The van der Waals surface area contributed by atoms with Gasteiger partial charge in [0.25, 0.3) is 0 Å². The van der Waals surface area contributed by atoms with E-state index in [-0.39, 0.29) is 20.1 Å². The first-order valence-electron chi connectivity index (χ1n) is 13.1. The molecule has 1 unspecified atom stereocenters. The van der Waals surface area contributed by atoms with Gasteiger partial charge in [-0.25, -0.2) is 0 Å². The van der Waals surface area contributed by atoms with Crippen LogP contribution in [-0.4, -0.2) is 36.0 Å². The summed E-state index contributed by atoms with van der Waals surface area (Å²) in [5.41, 5.74) is 0.805. The minimum atomic E-state index is -0.534. The molecule has 1 saturated carbocycles. The average Bonchev–Trinajstić information content (AvgIpc) is 3.20. The maximum Gasteiger partial charge on any atom is 0.163 e. The van der Waals surface area contributed by atoms with Gasteiger partial charge in [0.05, 0.1) is 12.2 Å². The zero-order valence-corrected chi connectivity index (χ0v) is 22.8. The molecule has 2 aliphatic rings. The Morgan fingerprint density at radius 2 is 1.09 bits per heavy atom. The van der Waals surface area contributed by atoms with Crippen molar-refractivity contribution in [1.82, 2.24) is 0 Å². The average molecular weight is 505 g/mol. The molecule has 0 N–H and O–H groups in total. The fourth-order valence-electron chi connectivity index (χ4n) is 5.65. The lowest BCUT2D eigenvalue weighted by Gasteiger charge is -2.34. The summed E-state index contributed by atoms with van der Waals surface area (Å²) in [7, 11) is -0.806. The highest BCUT2D eigenvalue weighted by Gasteiger charge is 2.44. The molecule has 2 nitrogen and oxygen atoms in total. The van der Waals surface area contributed by atoms with E-state index in [1.54, 1.807) is 0 Å². The molecule has 3 aromatic rings. The molecule has 0 bridgehead atoms. The Balaban J connectivity index is 1.42. The molecule has 35 heavy (non-hydrogen) atoms. The van der Waals surface area contributed by atoms with Gasteiger partial charge in [0.2, 0.25) is 0 Å². The Morgan fingerprint density at radius 3 is 1.60 bits per heavy atom. The molecular weight excluding hydrogens is 466 g/mol. The minimum Gasteiger partial charge on any atom is -0.344 e. The summed E-state index contributed by atoms with van der Waals surface area (Å²) in [5, 5.41) is 4.37. The number of hydrogen-bond donors (Lipinski definition) is 0. The van der Waals surface area contributed by atoms with E-state index in [4.69, 9.17) is 9.47 Å². The molecular formula is C31H38O2P2. The van der Waals surface area contributed by atoms with Crippen LogP contribution in [0.25, 0.3) is 0 Å². The van der Waals surface area contributed by atoms with Gasteiger partial charge in [0.15, 0.2) is 5.79 Å². The van der Waals surface area contributed by atoms with Crippen LogP contribution in [0.1, 0.15) is 46.0 Å². The number of ether oxygens (including phenoxy) is 2. The molecule has 4 heteroatoms. The van der Waals surface area contributed by atoms with Gasteiger partial charge >= 0.3 is 0 Å². The molecule has 0 amide bonds. The molecule has 1 aliphatic heterocycles. The predicted octanol–water partition coefficient (Wildman–Crippen LogP) is 6.78. The van der Waals surface area contributed by atoms with Crippen LogP contribution in [0.3, 0.4) is 0 Å². The van der Waals surface area contributed by atoms with E-state index in [1.165, 1.54) is 48.0 Å². The Hall–Kier alpha value is -1.56. The zero-order valence-electron chi connectivity index (χ0n) is 21.1. The van der Waals surface area contributed by atoms with Crippen LogP contribution < -0.4 is 15.9 Å². The highest BCUT2D eigenvalue weighted by atomic mass is 31.1. The first-order chi connectivity index (χ1) is 17.1. The quantitative estimate of drug-likeness (QED) is 0.315. The summed E-state index contributed by atoms with van der Waals surface area (Å²) < 4.78 is 13.3. The highest BCUT2D eigenvalue weighted by Crippen LogP contribution is 2.50. The van der Waals surface area contributed by atoms with Crippen LogP contribution in [0.4, 0.5) is 0 Å². The maximum atomic E-state index is 6.68. The van der Waals surface area contributed by atoms with Gasteiger partial charge in [-0.1, -0.05) is 118 Å². The normalized spacial score (nSPS) is 23.4. The summed E-state index contributed by atoms with van der Waals surface area (Å²) in [4.78, 5) is 0. The van der Waals surface area contributed by atoms with Gasteiger partial charge < -0.3 is 9.47 Å². The molecule has 3 atom stereocenters. The van der Waals surface area contributed by atoms with Gasteiger partial charge in [-0.05, 0) is 56.2 Å². The second-order valence-corrected chi connectivity index (χ2v) is 15.1. The van der Waals surface area contributed by atoms with E-state index >= 15 is 0 Å². The first-order valence-corrected chi connectivity index (χ1v) is 16.3. The number of benzene rings is 3. The fourth-order valence-corrected chi connectivity index (χ4v) is 11.3. The van der Waals surface area contributed by atoms with E-state index in [0.717, 1.165) is 18.0 Å². The smallest absolute Gasteiger partial charge is 0.163 e. The van der Waals surface area contributed by atoms with Crippen molar-refractivity contribution in [3.8, 4) is 0 Å². The summed E-state index contributed by atoms with van der Waals surface area (Å²) in [6, 6.07) is 33.3. The van der Waals surface area contributed by atoms with Crippen LogP contribution in [-0.2, 0) is 9.47 Å². The Morgan fingerprint density at radius 1 is 0.629 bits per heavy atom. The largest absolute Gasteiger partial charge is 0.344 e. The lowest BCUT2D eigenvalue weighted by molar-refractivity contribution is -0.142. The van der Waals surface area contributed by atoms with Crippen LogP contribution in [0.15, 0.2) is 91.0 Å². The summed E-state index contributed by atoms with van der Waals surface area (Å²) >= 11 is 0. The molecule has 3 aromatic carbocycles. The van der Waals surface area contributed by atoms with Crippen molar-refractivity contribution in [3.05, 3.63) is 91.0 Å². The van der Waals surface area contributed by atoms with E-state index in [2.05, 4.69) is 105 Å². The molecule has 1 heterocycles. The number of hydrogen-bond acceptors (Lipinski definition) is 2. The molecule has 0 radical (unpaired) electrons. The molecule has 1 saturated heterocycles. The van der Waals surface area contributed by atoms with E-state index < -0.39 is 13.7 Å². The van der Waals surface area contributed by atoms with E-state index in [0.29, 0.717) is 0 Å². The van der Waals surface area contributed by atoms with Gasteiger partial charge in [-0.15, -0.1) is 0 Å². The van der Waals surface area contributed by atoms with Crippen molar-refractivity contribution in [3.63, 3.8) is 0 Å². The van der Waals surface area contributed by atoms with Gasteiger partial charge in [0.1, 0.15) is 0 Å². The third-order valence-corrected chi connectivity index (χ3v) is 12.9. The lowest BCUT2D eigenvalue weighted by atomic mass is 10.0. The molecule has 5 rings (SSSR count). The van der Waals surface area contributed by atoms with Crippen molar-refractivity contribution in [2.24, 2.45) is 0 Å². The molecule has 2 fully saturated rings. The van der Waals surface area contributed by atoms with Crippen LogP contribution in [0.2, 0.25) is 0 Å². The van der Waals surface area contributed by atoms with E-state index in [1.807, 2.05) is 0 Å². The third-order valence-electron chi connectivity index (χ3n) is 7.26. The Bertz CT molecular complexity index is 996. The van der Waals surface area contributed by atoms with Crippen LogP contribution in [0.5, 0.6) is 0 Å². The SMILES string of the molecule is CC1(C)O[C@@H](CP(c2ccccc2)c2ccccc2)[C@H](CP(c2ccccc2)C2CCCCC2)O1. The van der Waals surface area contributed by atoms with Gasteiger partial charge in [-0.3, -0.25) is 0 Å². The second-order valence-electron chi connectivity index (χ2n) is 10.3. The second kappa shape index (κ2) is 11.7. The number of rotatable bonds is 8. The van der Waals surface area contributed by atoms with Crippen LogP contribution >= 0.6 is 15.8 Å². The van der Waals surface area contributed by atoms with Crippen molar-refractivity contribution >= 4 is 31.8 Å². The van der Waals surface area contributed by atoms with Crippen molar-refractivity contribution in [2.45, 2.75) is 69.6 Å². The Labute approximate surface area is 214 Å². The highest BCUT2D eigenvalue weighted by molar-refractivity contribution is 7.73. The van der Waals surface area contributed by atoms with Crippen molar-refractivity contribution in [2.75, 3.05) is 12.3 Å². The summed E-state index contributed by atoms with van der Waals surface area (Å²) in [5.74, 6) is -0.534. The predicted molar refractivity (Wildman–Crippen MR) is 152 cm³/mol. The zero-order chi connectivity index (χ0) is 24.1. The third kappa shape index (κ3) is 6.42. The van der Waals surface area contributed by atoms with Crippen molar-refractivity contribution in [1.29, 1.82) is 0 Å². The van der Waals surface area contributed by atoms with Crippen LogP contribution in [0, 0.1) is 0 Å². The fraction of sp³-hybridized carbons (Fsp3) is 0.419. The molecule has 184 valence electrons. The van der Waals surface area contributed by atoms with Crippen molar-refractivity contribution < 1.29 is 9.47 Å².